The van der Waals surface area contributed by atoms with Crippen LogP contribution in [0.5, 0.6) is 0 Å². The monoisotopic (exact) mass is 273 g/mol. The first kappa shape index (κ1) is 14.3. The minimum atomic E-state index is -0.243. The molecule has 1 aromatic rings. The number of piperidine rings is 1. The molecular weight excluding hydrogens is 254 g/mol. The Morgan fingerprint density at radius 2 is 2.05 bits per heavy atom. The van der Waals surface area contributed by atoms with Crippen molar-refractivity contribution in [3.63, 3.8) is 0 Å². The maximum absolute atomic E-state index is 10.9. The number of amides is 1. The highest BCUT2D eigenvalue weighted by Gasteiger charge is 2.24. The van der Waals surface area contributed by atoms with E-state index in [-0.39, 0.29) is 5.91 Å². The highest BCUT2D eigenvalue weighted by molar-refractivity contribution is 5.74. The molecule has 1 aliphatic heterocycles. The van der Waals surface area contributed by atoms with Gasteiger partial charge < -0.3 is 10.6 Å². The van der Waals surface area contributed by atoms with Gasteiger partial charge in [0.2, 0.25) is 5.91 Å². The summed E-state index contributed by atoms with van der Waals surface area (Å²) < 4.78 is 0. The maximum Gasteiger partial charge on any atom is 0.217 e. The fraction of sp³-hybridized carbons (Fsp3) is 0.571. The Bertz CT molecular complexity index is 555. The molecule has 2 N–H and O–H groups in total. The molecule has 2 rings (SSSR count). The lowest BCUT2D eigenvalue weighted by Gasteiger charge is -2.32. The van der Waals surface area contributed by atoms with Crippen molar-refractivity contribution in [3.05, 3.63) is 16.8 Å². The number of anilines is 1. The lowest BCUT2D eigenvalue weighted by molar-refractivity contribution is -0.119. The molecule has 6 nitrogen and oxygen atoms in total. The molecule has 0 atom stereocenters. The van der Waals surface area contributed by atoms with Gasteiger partial charge in [-0.2, -0.15) is 10.4 Å². The SMILES string of the molecule is Cc1nnc(N2CCC(CC(N)=O)CC2)c(C#N)c1C. The van der Waals surface area contributed by atoms with Crippen molar-refractivity contribution < 1.29 is 4.79 Å². The highest BCUT2D eigenvalue weighted by atomic mass is 16.1. The summed E-state index contributed by atoms with van der Waals surface area (Å²) in [6.45, 7) is 5.31. The standard InChI is InChI=1S/C14H19N5O/c1-9-10(2)17-18-14(12(9)8-15)19-5-3-11(4-6-19)7-13(16)20/h11H,3-7H2,1-2H3,(H2,16,20). The van der Waals surface area contributed by atoms with E-state index in [1.54, 1.807) is 0 Å². The molecule has 0 aromatic carbocycles. The molecule has 2 heterocycles. The van der Waals surface area contributed by atoms with Gasteiger partial charge >= 0.3 is 0 Å². The summed E-state index contributed by atoms with van der Waals surface area (Å²) in [7, 11) is 0. The fourth-order valence-electron chi connectivity index (χ4n) is 2.58. The lowest BCUT2D eigenvalue weighted by Crippen LogP contribution is -2.36. The molecule has 1 amide bonds. The number of aromatic nitrogens is 2. The molecule has 0 spiro atoms. The van der Waals surface area contributed by atoms with Crippen molar-refractivity contribution in [1.29, 1.82) is 5.26 Å². The topological polar surface area (TPSA) is 95.9 Å². The summed E-state index contributed by atoms with van der Waals surface area (Å²) in [6, 6.07) is 2.23. The molecule has 1 fully saturated rings. The summed E-state index contributed by atoms with van der Waals surface area (Å²) in [5, 5.41) is 17.6. The molecule has 0 bridgehead atoms. The van der Waals surface area contributed by atoms with Crippen molar-refractivity contribution in [3.8, 4) is 6.07 Å². The number of carbonyl (C=O) groups is 1. The number of hydrogen-bond acceptors (Lipinski definition) is 5. The van der Waals surface area contributed by atoms with Crippen molar-refractivity contribution >= 4 is 11.7 Å². The maximum atomic E-state index is 10.9. The summed E-state index contributed by atoms with van der Waals surface area (Å²) in [5.41, 5.74) is 7.51. The van der Waals surface area contributed by atoms with Gasteiger partial charge in [-0.3, -0.25) is 4.79 Å². The van der Waals surface area contributed by atoms with Crippen molar-refractivity contribution in [2.75, 3.05) is 18.0 Å². The molecule has 0 unspecified atom stereocenters. The Morgan fingerprint density at radius 3 is 2.60 bits per heavy atom. The van der Waals surface area contributed by atoms with Crippen LogP contribution >= 0.6 is 0 Å². The number of hydrogen-bond donors (Lipinski definition) is 1. The Balaban J connectivity index is 2.13. The quantitative estimate of drug-likeness (QED) is 0.888. The number of carbonyl (C=O) groups excluding carboxylic acids is 1. The van der Waals surface area contributed by atoms with Gasteiger partial charge in [-0.25, -0.2) is 0 Å². The summed E-state index contributed by atoms with van der Waals surface area (Å²) in [4.78, 5) is 13.0. The Hall–Kier alpha value is -2.16. The molecule has 0 aliphatic carbocycles. The van der Waals surface area contributed by atoms with E-state index in [0.29, 0.717) is 23.7 Å². The Morgan fingerprint density at radius 1 is 1.40 bits per heavy atom. The van der Waals surface area contributed by atoms with Crippen molar-refractivity contribution in [2.45, 2.75) is 33.1 Å². The van der Waals surface area contributed by atoms with Gasteiger partial charge in [0.25, 0.3) is 0 Å². The predicted octanol–water partition coefficient (Wildman–Crippen LogP) is 1.06. The van der Waals surface area contributed by atoms with Crippen LogP contribution in [0.15, 0.2) is 0 Å². The minimum absolute atomic E-state index is 0.243. The van der Waals surface area contributed by atoms with Crippen LogP contribution in [0.1, 0.15) is 36.1 Å². The molecule has 106 valence electrons. The van der Waals surface area contributed by atoms with E-state index in [1.807, 2.05) is 13.8 Å². The second kappa shape index (κ2) is 5.87. The van der Waals surface area contributed by atoms with Gasteiger partial charge in [-0.05, 0) is 38.2 Å². The van der Waals surface area contributed by atoms with Crippen LogP contribution in [-0.2, 0) is 4.79 Å². The Kier molecular flexibility index (Phi) is 4.18. The molecule has 0 radical (unpaired) electrons. The smallest absolute Gasteiger partial charge is 0.217 e. The van der Waals surface area contributed by atoms with E-state index in [9.17, 15) is 10.1 Å². The Labute approximate surface area is 118 Å². The predicted molar refractivity (Wildman–Crippen MR) is 75.0 cm³/mol. The van der Waals surface area contributed by atoms with E-state index < -0.39 is 0 Å². The summed E-state index contributed by atoms with van der Waals surface area (Å²) >= 11 is 0. The fourth-order valence-corrected chi connectivity index (χ4v) is 2.58. The van der Waals surface area contributed by atoms with Crippen molar-refractivity contribution in [2.24, 2.45) is 11.7 Å². The number of rotatable bonds is 3. The van der Waals surface area contributed by atoms with Crippen LogP contribution in [-0.4, -0.2) is 29.2 Å². The second-order valence-electron chi connectivity index (χ2n) is 5.32. The number of nitriles is 1. The average Bonchev–Trinajstić information content (AvgIpc) is 2.42. The van der Waals surface area contributed by atoms with Gasteiger partial charge in [0.15, 0.2) is 5.82 Å². The second-order valence-corrected chi connectivity index (χ2v) is 5.32. The van der Waals surface area contributed by atoms with Gasteiger partial charge in [-0.15, -0.1) is 5.10 Å². The lowest BCUT2D eigenvalue weighted by atomic mass is 9.93. The normalized spacial score (nSPS) is 15.9. The van der Waals surface area contributed by atoms with Crippen LogP contribution in [0.3, 0.4) is 0 Å². The average molecular weight is 273 g/mol. The molecule has 1 aromatic heterocycles. The number of nitrogens with zero attached hydrogens (tertiary/aromatic N) is 4. The van der Waals surface area contributed by atoms with Gasteiger partial charge in [0.05, 0.1) is 5.69 Å². The molecule has 0 saturated carbocycles. The van der Waals surface area contributed by atoms with Gasteiger partial charge in [0, 0.05) is 19.5 Å². The summed E-state index contributed by atoms with van der Waals surface area (Å²) in [6.07, 6.45) is 2.22. The number of nitrogens with two attached hydrogens (primary N) is 1. The zero-order chi connectivity index (χ0) is 14.7. The number of aryl methyl sites for hydroxylation is 1. The molecular formula is C14H19N5O. The highest BCUT2D eigenvalue weighted by Crippen LogP contribution is 2.27. The van der Waals surface area contributed by atoms with E-state index >= 15 is 0 Å². The zero-order valence-electron chi connectivity index (χ0n) is 11.9. The van der Waals surface area contributed by atoms with E-state index in [4.69, 9.17) is 5.73 Å². The van der Waals surface area contributed by atoms with Crippen LogP contribution < -0.4 is 10.6 Å². The van der Waals surface area contributed by atoms with Crippen molar-refractivity contribution in [1.82, 2.24) is 10.2 Å². The third-order valence-electron chi connectivity index (χ3n) is 3.95. The van der Waals surface area contributed by atoms with E-state index in [1.165, 1.54) is 0 Å². The van der Waals surface area contributed by atoms with Crippen LogP contribution in [0.25, 0.3) is 0 Å². The molecule has 6 heteroatoms. The van der Waals surface area contributed by atoms with Crippen LogP contribution in [0, 0.1) is 31.1 Å². The van der Waals surface area contributed by atoms with Crippen LogP contribution in [0.2, 0.25) is 0 Å². The molecule has 1 aliphatic rings. The van der Waals surface area contributed by atoms with Gasteiger partial charge in [0.1, 0.15) is 11.6 Å². The molecule has 1 saturated heterocycles. The molecule has 20 heavy (non-hydrogen) atoms. The summed E-state index contributed by atoms with van der Waals surface area (Å²) in [5.74, 6) is 0.758. The number of primary amides is 1. The third-order valence-corrected chi connectivity index (χ3v) is 3.95. The van der Waals surface area contributed by atoms with E-state index in [2.05, 4.69) is 21.2 Å². The first-order valence-corrected chi connectivity index (χ1v) is 6.80. The van der Waals surface area contributed by atoms with Crippen LogP contribution in [0.4, 0.5) is 5.82 Å². The first-order valence-electron chi connectivity index (χ1n) is 6.80. The third kappa shape index (κ3) is 2.87. The zero-order valence-corrected chi connectivity index (χ0v) is 11.9. The van der Waals surface area contributed by atoms with E-state index in [0.717, 1.165) is 37.2 Å². The largest absolute Gasteiger partial charge is 0.370 e. The first-order chi connectivity index (χ1) is 9.52. The minimum Gasteiger partial charge on any atom is -0.370 e. The van der Waals surface area contributed by atoms with Gasteiger partial charge in [-0.1, -0.05) is 0 Å².